The van der Waals surface area contributed by atoms with E-state index >= 15 is 0 Å². The van der Waals surface area contributed by atoms with E-state index in [0.717, 1.165) is 27.3 Å². The van der Waals surface area contributed by atoms with E-state index in [-0.39, 0.29) is 18.9 Å². The number of nitrogens with zero attached hydrogens (tertiary/aromatic N) is 2. The lowest BCUT2D eigenvalue weighted by atomic mass is 10.0. The summed E-state index contributed by atoms with van der Waals surface area (Å²) in [6.07, 6.45) is 1.33. The van der Waals surface area contributed by atoms with Crippen molar-refractivity contribution in [3.05, 3.63) is 101 Å². The van der Waals surface area contributed by atoms with Crippen LogP contribution in [-0.4, -0.2) is 50.5 Å². The number of hydrogen-bond donors (Lipinski definition) is 1. The van der Waals surface area contributed by atoms with Crippen molar-refractivity contribution >= 4 is 39.1 Å². The third-order valence-electron chi connectivity index (χ3n) is 6.02. The Morgan fingerprint density at radius 1 is 0.946 bits per heavy atom. The topological polar surface area (TPSA) is 86.8 Å². The summed E-state index contributed by atoms with van der Waals surface area (Å²) in [6, 6.07) is 22.5. The number of benzene rings is 3. The van der Waals surface area contributed by atoms with Gasteiger partial charge in [-0.1, -0.05) is 66.2 Å². The van der Waals surface area contributed by atoms with Crippen molar-refractivity contribution in [3.63, 3.8) is 0 Å². The van der Waals surface area contributed by atoms with Gasteiger partial charge in [-0.3, -0.25) is 13.9 Å². The molecule has 0 aliphatic heterocycles. The first-order chi connectivity index (χ1) is 17.6. The van der Waals surface area contributed by atoms with Crippen LogP contribution in [0.5, 0.6) is 0 Å². The van der Waals surface area contributed by atoms with E-state index in [1.165, 1.54) is 4.90 Å². The van der Waals surface area contributed by atoms with Gasteiger partial charge in [-0.2, -0.15) is 0 Å². The van der Waals surface area contributed by atoms with Gasteiger partial charge in [0.25, 0.3) is 0 Å². The van der Waals surface area contributed by atoms with Gasteiger partial charge in [-0.15, -0.1) is 0 Å². The lowest BCUT2D eigenvalue weighted by Gasteiger charge is -2.33. The molecule has 0 spiro atoms. The standard InChI is InChI=1S/C28H32ClN3O4S/c1-4-30-28(34)26(18-22-11-6-5-7-12-22)31(19-23-13-9-8-10-21(23)2)27(33)20-32(37(3,35)36)25-16-14-24(29)15-17-25/h5-17,26H,4,18-20H2,1-3H3,(H,30,34). The molecule has 3 rings (SSSR count). The SMILES string of the molecule is CCNC(=O)C(Cc1ccccc1)N(Cc1ccccc1C)C(=O)CN(c1ccc(Cl)cc1)S(C)(=O)=O. The molecule has 0 radical (unpaired) electrons. The van der Waals surface area contributed by atoms with E-state index in [4.69, 9.17) is 11.6 Å². The van der Waals surface area contributed by atoms with Gasteiger partial charge in [-0.25, -0.2) is 8.42 Å². The molecule has 0 aromatic heterocycles. The first-order valence-electron chi connectivity index (χ1n) is 12.0. The molecule has 1 N–H and O–H groups in total. The fraction of sp³-hybridized carbons (Fsp3) is 0.286. The summed E-state index contributed by atoms with van der Waals surface area (Å²) in [5, 5.41) is 3.29. The van der Waals surface area contributed by atoms with E-state index in [1.54, 1.807) is 24.3 Å². The molecule has 0 bridgehead atoms. The van der Waals surface area contributed by atoms with Gasteiger partial charge in [0.15, 0.2) is 0 Å². The average molecular weight is 542 g/mol. The predicted octanol–water partition coefficient (Wildman–Crippen LogP) is 4.19. The van der Waals surface area contributed by atoms with Crippen molar-refractivity contribution in [2.75, 3.05) is 23.7 Å². The summed E-state index contributed by atoms with van der Waals surface area (Å²) >= 11 is 5.99. The monoisotopic (exact) mass is 541 g/mol. The highest BCUT2D eigenvalue weighted by molar-refractivity contribution is 7.92. The summed E-state index contributed by atoms with van der Waals surface area (Å²) in [5.41, 5.74) is 3.04. The normalized spacial score (nSPS) is 12.0. The van der Waals surface area contributed by atoms with Crippen molar-refractivity contribution in [1.82, 2.24) is 10.2 Å². The molecule has 1 atom stereocenters. The molecule has 0 saturated heterocycles. The Kier molecular flexibility index (Phi) is 9.72. The van der Waals surface area contributed by atoms with Gasteiger partial charge in [-0.05, 0) is 54.8 Å². The average Bonchev–Trinajstić information content (AvgIpc) is 2.86. The van der Waals surface area contributed by atoms with Crippen LogP contribution in [0.1, 0.15) is 23.6 Å². The van der Waals surface area contributed by atoms with Crippen LogP contribution in [0.25, 0.3) is 0 Å². The van der Waals surface area contributed by atoms with Crippen molar-refractivity contribution in [2.24, 2.45) is 0 Å². The molecular formula is C28H32ClN3O4S. The van der Waals surface area contributed by atoms with Crippen LogP contribution in [0.3, 0.4) is 0 Å². The number of carbonyl (C=O) groups excluding carboxylic acids is 2. The molecule has 1 unspecified atom stereocenters. The van der Waals surface area contributed by atoms with E-state index in [9.17, 15) is 18.0 Å². The number of rotatable bonds is 11. The van der Waals surface area contributed by atoms with Crippen LogP contribution < -0.4 is 9.62 Å². The molecule has 37 heavy (non-hydrogen) atoms. The lowest BCUT2D eigenvalue weighted by molar-refractivity contribution is -0.140. The van der Waals surface area contributed by atoms with E-state index < -0.39 is 28.5 Å². The molecule has 0 saturated carbocycles. The quantitative estimate of drug-likeness (QED) is 0.394. The van der Waals surface area contributed by atoms with Crippen LogP contribution in [0.2, 0.25) is 5.02 Å². The smallest absolute Gasteiger partial charge is 0.244 e. The fourth-order valence-electron chi connectivity index (χ4n) is 4.04. The Hall–Kier alpha value is -3.36. The highest BCUT2D eigenvalue weighted by Gasteiger charge is 2.33. The molecule has 0 aliphatic carbocycles. The Bertz CT molecular complexity index is 1310. The van der Waals surface area contributed by atoms with E-state index in [0.29, 0.717) is 17.3 Å². The Morgan fingerprint density at radius 2 is 1.57 bits per heavy atom. The van der Waals surface area contributed by atoms with Crippen LogP contribution in [0, 0.1) is 6.92 Å². The predicted molar refractivity (Wildman–Crippen MR) is 148 cm³/mol. The number of hydrogen-bond acceptors (Lipinski definition) is 4. The maximum atomic E-state index is 13.9. The number of carbonyl (C=O) groups is 2. The van der Waals surface area contributed by atoms with Crippen molar-refractivity contribution in [3.8, 4) is 0 Å². The maximum Gasteiger partial charge on any atom is 0.244 e. The highest BCUT2D eigenvalue weighted by atomic mass is 35.5. The van der Waals surface area contributed by atoms with Gasteiger partial charge in [0, 0.05) is 24.5 Å². The molecule has 3 aromatic carbocycles. The molecule has 2 amide bonds. The number of halogens is 1. The Balaban J connectivity index is 2.04. The molecule has 0 aliphatic rings. The second-order valence-electron chi connectivity index (χ2n) is 8.79. The third kappa shape index (κ3) is 7.81. The third-order valence-corrected chi connectivity index (χ3v) is 7.41. The minimum absolute atomic E-state index is 0.151. The number of amides is 2. The Labute approximate surface area is 224 Å². The van der Waals surface area contributed by atoms with Crippen LogP contribution in [0.4, 0.5) is 5.69 Å². The van der Waals surface area contributed by atoms with Crippen molar-refractivity contribution in [1.29, 1.82) is 0 Å². The molecule has 3 aromatic rings. The van der Waals surface area contributed by atoms with Crippen LogP contribution in [-0.2, 0) is 32.6 Å². The zero-order valence-corrected chi connectivity index (χ0v) is 22.8. The number of likely N-dealkylation sites (N-methyl/N-ethyl adjacent to an activating group) is 1. The minimum atomic E-state index is -3.81. The number of anilines is 1. The largest absolute Gasteiger partial charge is 0.355 e. The second kappa shape index (κ2) is 12.7. The van der Waals surface area contributed by atoms with Gasteiger partial charge in [0.05, 0.1) is 11.9 Å². The minimum Gasteiger partial charge on any atom is -0.355 e. The Morgan fingerprint density at radius 3 is 2.16 bits per heavy atom. The summed E-state index contributed by atoms with van der Waals surface area (Å²) in [4.78, 5) is 28.7. The molecular weight excluding hydrogens is 510 g/mol. The molecule has 0 heterocycles. The molecule has 196 valence electrons. The first kappa shape index (κ1) is 28.2. The number of aryl methyl sites for hydroxylation is 1. The summed E-state index contributed by atoms with van der Waals surface area (Å²) in [6.45, 7) is 3.84. The summed E-state index contributed by atoms with van der Waals surface area (Å²) in [5.74, 6) is -0.790. The van der Waals surface area contributed by atoms with Crippen LogP contribution in [0.15, 0.2) is 78.9 Å². The molecule has 9 heteroatoms. The fourth-order valence-corrected chi connectivity index (χ4v) is 5.01. The van der Waals surface area contributed by atoms with Gasteiger partial charge < -0.3 is 10.2 Å². The van der Waals surface area contributed by atoms with Gasteiger partial charge >= 0.3 is 0 Å². The number of sulfonamides is 1. The zero-order chi connectivity index (χ0) is 27.0. The second-order valence-corrected chi connectivity index (χ2v) is 11.1. The molecule has 7 nitrogen and oxygen atoms in total. The number of nitrogens with one attached hydrogen (secondary N) is 1. The summed E-state index contributed by atoms with van der Waals surface area (Å²) in [7, 11) is -3.81. The van der Waals surface area contributed by atoms with Crippen molar-refractivity contribution in [2.45, 2.75) is 32.9 Å². The van der Waals surface area contributed by atoms with E-state index in [2.05, 4.69) is 5.32 Å². The first-order valence-corrected chi connectivity index (χ1v) is 14.2. The van der Waals surface area contributed by atoms with Gasteiger partial charge in [0.1, 0.15) is 12.6 Å². The van der Waals surface area contributed by atoms with E-state index in [1.807, 2.05) is 68.4 Å². The van der Waals surface area contributed by atoms with Gasteiger partial charge in [0.2, 0.25) is 21.8 Å². The lowest BCUT2D eigenvalue weighted by Crippen LogP contribution is -2.53. The zero-order valence-electron chi connectivity index (χ0n) is 21.2. The van der Waals surface area contributed by atoms with Crippen molar-refractivity contribution < 1.29 is 18.0 Å². The maximum absolute atomic E-state index is 13.9. The summed E-state index contributed by atoms with van der Waals surface area (Å²) < 4.78 is 26.5. The highest BCUT2D eigenvalue weighted by Crippen LogP contribution is 2.22. The van der Waals surface area contributed by atoms with Crippen LogP contribution >= 0.6 is 11.6 Å². The molecule has 0 fully saturated rings.